The lowest BCUT2D eigenvalue weighted by molar-refractivity contribution is -0.192. The van der Waals surface area contributed by atoms with Crippen molar-refractivity contribution in [2.24, 2.45) is 0 Å². The summed E-state index contributed by atoms with van der Waals surface area (Å²) in [5.41, 5.74) is 4.81. The van der Waals surface area contributed by atoms with Crippen LogP contribution in [-0.2, 0) is 11.2 Å². The van der Waals surface area contributed by atoms with Crippen LogP contribution in [0.3, 0.4) is 0 Å². The maximum Gasteiger partial charge on any atom is 0.490 e. The summed E-state index contributed by atoms with van der Waals surface area (Å²) in [5, 5.41) is 27.1. The van der Waals surface area contributed by atoms with E-state index in [2.05, 4.69) is 22.3 Å². The zero-order chi connectivity index (χ0) is 25.9. The van der Waals surface area contributed by atoms with E-state index in [1.807, 2.05) is 48.7 Å². The van der Waals surface area contributed by atoms with Gasteiger partial charge in [-0.05, 0) is 42.0 Å². The number of phenolic OH excluding ortho intramolecular Hbond substituents is 1. The molecular weight excluding hydrogens is 475 g/mol. The number of fused-ring (bicyclic) bond motifs is 3. The zero-order valence-electron chi connectivity index (χ0n) is 18.9. The average molecular weight is 495 g/mol. The number of carboxylic acids is 1. The maximum atomic E-state index is 10.6. The van der Waals surface area contributed by atoms with Crippen LogP contribution in [0.25, 0.3) is 33.1 Å². The molecule has 5 aromatic rings. The molecule has 0 unspecified atom stereocenters. The zero-order valence-corrected chi connectivity index (χ0v) is 18.9. The number of carbonyl (C=O) groups is 1. The van der Waals surface area contributed by atoms with Crippen molar-refractivity contribution in [3.63, 3.8) is 0 Å². The molecule has 0 spiro atoms. The summed E-state index contributed by atoms with van der Waals surface area (Å²) in [4.78, 5) is 13.7. The summed E-state index contributed by atoms with van der Waals surface area (Å²) in [6.07, 6.45) is -2.53. The molecule has 0 saturated carbocycles. The van der Waals surface area contributed by atoms with E-state index in [1.165, 1.54) is 5.56 Å². The van der Waals surface area contributed by atoms with Crippen LogP contribution in [0, 0.1) is 0 Å². The average Bonchev–Trinajstić information content (AvgIpc) is 3.33. The van der Waals surface area contributed by atoms with E-state index in [1.54, 1.807) is 19.2 Å². The van der Waals surface area contributed by atoms with Gasteiger partial charge < -0.3 is 14.9 Å². The molecular formula is C26H20F3N3O4. The summed E-state index contributed by atoms with van der Waals surface area (Å²) in [7, 11) is 1.70. The Balaban J connectivity index is 0.000000384. The summed E-state index contributed by atoms with van der Waals surface area (Å²) < 4.78 is 37.5. The highest BCUT2D eigenvalue weighted by atomic mass is 19.4. The van der Waals surface area contributed by atoms with E-state index in [-0.39, 0.29) is 5.75 Å². The number of aromatic amines is 1. The number of methoxy groups -OCH3 is 1. The van der Waals surface area contributed by atoms with Crippen molar-refractivity contribution in [1.82, 2.24) is 15.2 Å². The molecule has 2 heterocycles. The minimum absolute atomic E-state index is 0.229. The Morgan fingerprint density at radius 1 is 1.00 bits per heavy atom. The van der Waals surface area contributed by atoms with E-state index < -0.39 is 12.1 Å². The number of benzene rings is 3. The van der Waals surface area contributed by atoms with Gasteiger partial charge >= 0.3 is 12.1 Å². The van der Waals surface area contributed by atoms with Crippen molar-refractivity contribution < 1.29 is 32.9 Å². The lowest BCUT2D eigenvalue weighted by Gasteiger charge is -2.15. The van der Waals surface area contributed by atoms with Gasteiger partial charge in [-0.2, -0.15) is 18.3 Å². The molecule has 184 valence electrons. The third-order valence-corrected chi connectivity index (χ3v) is 5.46. The van der Waals surface area contributed by atoms with Crippen LogP contribution in [0.2, 0.25) is 0 Å². The number of hydrogen-bond donors (Lipinski definition) is 3. The Morgan fingerprint density at radius 3 is 2.28 bits per heavy atom. The first-order chi connectivity index (χ1) is 17.2. The number of alkyl halides is 3. The van der Waals surface area contributed by atoms with Crippen molar-refractivity contribution in [2.75, 3.05) is 7.11 Å². The number of halogens is 3. The van der Waals surface area contributed by atoms with Gasteiger partial charge in [0.25, 0.3) is 0 Å². The van der Waals surface area contributed by atoms with Gasteiger partial charge in [-0.15, -0.1) is 0 Å². The number of H-pyrrole nitrogens is 1. The van der Waals surface area contributed by atoms with Gasteiger partial charge in [-0.1, -0.05) is 30.3 Å². The van der Waals surface area contributed by atoms with Gasteiger partial charge in [0.05, 0.1) is 19.0 Å². The predicted octanol–water partition coefficient (Wildman–Crippen LogP) is 5.72. The Hall–Kier alpha value is -4.60. The number of nitrogens with zero attached hydrogens (tertiary/aromatic N) is 2. The number of hydrogen-bond acceptors (Lipinski definition) is 5. The predicted molar refractivity (Wildman–Crippen MR) is 128 cm³/mol. The van der Waals surface area contributed by atoms with E-state index in [9.17, 15) is 18.3 Å². The van der Waals surface area contributed by atoms with Crippen LogP contribution < -0.4 is 4.74 Å². The first kappa shape index (κ1) is 24.5. The van der Waals surface area contributed by atoms with Gasteiger partial charge in [-0.3, -0.25) is 5.10 Å². The first-order valence-electron chi connectivity index (χ1n) is 10.6. The van der Waals surface area contributed by atoms with Crippen LogP contribution >= 0.6 is 0 Å². The molecule has 10 heteroatoms. The van der Waals surface area contributed by atoms with Crippen LogP contribution in [0.15, 0.2) is 72.9 Å². The normalized spacial score (nSPS) is 11.2. The number of pyridine rings is 1. The van der Waals surface area contributed by atoms with Crippen LogP contribution in [0.4, 0.5) is 13.2 Å². The molecule has 0 fully saturated rings. The van der Waals surface area contributed by atoms with Crippen LogP contribution in [0.1, 0.15) is 11.1 Å². The van der Waals surface area contributed by atoms with Crippen molar-refractivity contribution >= 4 is 27.8 Å². The number of phenols is 1. The number of aromatic hydroxyl groups is 1. The fourth-order valence-corrected chi connectivity index (χ4v) is 3.86. The fourth-order valence-electron chi connectivity index (χ4n) is 3.86. The highest BCUT2D eigenvalue weighted by Crippen LogP contribution is 2.38. The highest BCUT2D eigenvalue weighted by molar-refractivity contribution is 6.12. The quantitative estimate of drug-likeness (QED) is 0.295. The molecule has 5 rings (SSSR count). The molecule has 0 saturated heterocycles. The molecule has 2 aromatic heterocycles. The molecule has 7 nitrogen and oxygen atoms in total. The number of carboxylic acid groups (broad SMARTS) is 1. The lowest BCUT2D eigenvalue weighted by atomic mass is 9.93. The number of aromatic nitrogens is 3. The Bertz CT molecular complexity index is 1520. The smallest absolute Gasteiger partial charge is 0.490 e. The minimum atomic E-state index is -5.08. The second kappa shape index (κ2) is 9.95. The molecule has 0 aliphatic rings. The number of nitrogens with one attached hydrogen (secondary N) is 1. The number of rotatable bonds is 4. The first-order valence-corrected chi connectivity index (χ1v) is 10.6. The number of aliphatic carboxylic acids is 1. The largest absolute Gasteiger partial charge is 0.508 e. The molecule has 0 aliphatic carbocycles. The maximum absolute atomic E-state index is 10.6. The lowest BCUT2D eigenvalue weighted by Crippen LogP contribution is -2.21. The minimum Gasteiger partial charge on any atom is -0.508 e. The van der Waals surface area contributed by atoms with Crippen molar-refractivity contribution in [2.45, 2.75) is 12.6 Å². The fraction of sp³-hybridized carbons (Fsp3) is 0.115. The van der Waals surface area contributed by atoms with Crippen molar-refractivity contribution in [3.05, 3.63) is 84.1 Å². The van der Waals surface area contributed by atoms with E-state index in [4.69, 9.17) is 19.6 Å². The SMILES string of the molecule is COc1ccc2c(-c3ccc(O)cc3)nc3[nH]ncc3c2c1Cc1ccccc1.O=C(O)C(F)(F)F. The van der Waals surface area contributed by atoms with Gasteiger partial charge in [0.2, 0.25) is 0 Å². The Labute approximate surface area is 202 Å². The molecule has 0 radical (unpaired) electrons. The molecule has 0 bridgehead atoms. The summed E-state index contributed by atoms with van der Waals surface area (Å²) in [6, 6.07) is 21.5. The second-order valence-electron chi connectivity index (χ2n) is 7.77. The Kier molecular flexibility index (Phi) is 6.77. The monoisotopic (exact) mass is 495 g/mol. The van der Waals surface area contributed by atoms with Crippen molar-refractivity contribution in [3.8, 4) is 22.8 Å². The summed E-state index contributed by atoms with van der Waals surface area (Å²) in [6.45, 7) is 0. The van der Waals surface area contributed by atoms with Gasteiger partial charge in [0, 0.05) is 33.7 Å². The molecule has 3 aromatic carbocycles. The van der Waals surface area contributed by atoms with E-state index >= 15 is 0 Å². The molecule has 0 amide bonds. The molecule has 0 atom stereocenters. The number of ether oxygens (including phenoxy) is 1. The topological polar surface area (TPSA) is 108 Å². The van der Waals surface area contributed by atoms with Crippen molar-refractivity contribution in [1.29, 1.82) is 0 Å². The van der Waals surface area contributed by atoms with Crippen LogP contribution in [-0.4, -0.2) is 44.6 Å². The van der Waals surface area contributed by atoms with E-state index in [0.29, 0.717) is 0 Å². The van der Waals surface area contributed by atoms with Gasteiger partial charge in [0.15, 0.2) is 5.65 Å². The highest BCUT2D eigenvalue weighted by Gasteiger charge is 2.38. The summed E-state index contributed by atoms with van der Waals surface area (Å²) >= 11 is 0. The standard InChI is InChI=1S/C24H19N3O2.C2HF3O2/c1-29-21-12-11-18-22(19(21)13-15-5-3-2-4-6-15)20-14-25-27-24(20)26-23(18)16-7-9-17(28)10-8-16;3-2(4,5)1(6)7/h2-12,14,28H,13H2,1H3,(H,25,26,27);(H,6,7). The summed E-state index contributed by atoms with van der Waals surface area (Å²) in [5.74, 6) is -1.69. The van der Waals surface area contributed by atoms with Crippen LogP contribution in [0.5, 0.6) is 11.5 Å². The third-order valence-electron chi connectivity index (χ3n) is 5.46. The molecule has 0 aliphatic heterocycles. The van der Waals surface area contributed by atoms with Gasteiger partial charge in [-0.25, -0.2) is 9.78 Å². The molecule has 3 N–H and O–H groups in total. The molecule has 36 heavy (non-hydrogen) atoms. The second-order valence-corrected chi connectivity index (χ2v) is 7.77. The third kappa shape index (κ3) is 5.07. The van der Waals surface area contributed by atoms with Gasteiger partial charge in [0.1, 0.15) is 11.5 Å². The van der Waals surface area contributed by atoms with E-state index in [0.717, 1.165) is 50.8 Å². The Morgan fingerprint density at radius 2 is 1.67 bits per heavy atom.